The van der Waals surface area contributed by atoms with Crippen molar-refractivity contribution >= 4 is 22.5 Å². The van der Waals surface area contributed by atoms with Crippen molar-refractivity contribution < 1.29 is 13.7 Å². The van der Waals surface area contributed by atoms with Crippen LogP contribution >= 0.6 is 0 Å². The number of anilines is 2. The molecule has 0 aromatic heterocycles. The number of hydrogen-bond donors (Lipinski definition) is 3. The van der Waals surface area contributed by atoms with Gasteiger partial charge in [-0.05, 0) is 23.8 Å². The van der Waals surface area contributed by atoms with Crippen LogP contribution in [0, 0.1) is 11.3 Å². The quantitative estimate of drug-likeness (QED) is 0.767. The normalized spacial score (nSPS) is 20.5. The van der Waals surface area contributed by atoms with Crippen molar-refractivity contribution in [3.8, 4) is 17.6 Å². The number of hydrogen-bond acceptors (Lipinski definition) is 5. The molecule has 2 heterocycles. The summed E-state index contributed by atoms with van der Waals surface area (Å²) in [4.78, 5) is 0. The monoisotopic (exact) mass is 354 g/mol. The summed E-state index contributed by atoms with van der Waals surface area (Å²) in [5.41, 5.74) is 9.20. The zero-order chi connectivity index (χ0) is 17.6. The van der Waals surface area contributed by atoms with Crippen molar-refractivity contribution in [2.24, 2.45) is 5.73 Å². The molecule has 0 fully saturated rings. The number of rotatable bonds is 2. The van der Waals surface area contributed by atoms with E-state index in [1.165, 1.54) is 0 Å². The van der Waals surface area contributed by atoms with E-state index >= 15 is 0 Å². The average Bonchev–Trinajstić information content (AvgIpc) is 3.01. The van der Waals surface area contributed by atoms with E-state index in [0.717, 1.165) is 11.1 Å². The van der Waals surface area contributed by atoms with Crippen LogP contribution in [0.5, 0.6) is 11.5 Å². The van der Waals surface area contributed by atoms with Gasteiger partial charge in [0.25, 0.3) is 0 Å². The summed E-state index contributed by atoms with van der Waals surface area (Å²) in [7, 11) is 1.59. The SMILES string of the molecule is COc1cccc(C2C(C#N)=C(N)Oc3c2ccc2c3NS(=O)N2)c1. The molecule has 2 aromatic rings. The molecule has 4 N–H and O–H groups in total. The van der Waals surface area contributed by atoms with Crippen LogP contribution in [-0.2, 0) is 11.2 Å². The van der Waals surface area contributed by atoms with Crippen LogP contribution in [0.25, 0.3) is 0 Å². The van der Waals surface area contributed by atoms with Gasteiger partial charge >= 0.3 is 0 Å². The molecule has 0 spiro atoms. The largest absolute Gasteiger partial charge is 0.497 e. The molecule has 126 valence electrons. The Balaban J connectivity index is 1.93. The first kappa shape index (κ1) is 15.4. The number of allylic oxidation sites excluding steroid dienone is 1. The minimum absolute atomic E-state index is 0.0377. The smallest absolute Gasteiger partial charge is 0.220 e. The second-order valence-corrected chi connectivity index (χ2v) is 6.53. The van der Waals surface area contributed by atoms with Crippen LogP contribution in [-0.4, -0.2) is 11.3 Å². The van der Waals surface area contributed by atoms with E-state index in [9.17, 15) is 9.47 Å². The number of benzene rings is 2. The molecule has 7 nitrogen and oxygen atoms in total. The fourth-order valence-electron chi connectivity index (χ4n) is 3.09. The minimum Gasteiger partial charge on any atom is -0.497 e. The molecule has 2 unspecified atom stereocenters. The van der Waals surface area contributed by atoms with Gasteiger partial charge in [0, 0.05) is 5.56 Å². The number of ether oxygens (including phenoxy) is 2. The molecular weight excluding hydrogens is 340 g/mol. The van der Waals surface area contributed by atoms with Crippen molar-refractivity contribution in [2.75, 3.05) is 16.6 Å². The van der Waals surface area contributed by atoms with Crippen LogP contribution in [0.4, 0.5) is 11.4 Å². The van der Waals surface area contributed by atoms with Crippen molar-refractivity contribution in [1.29, 1.82) is 5.26 Å². The Kier molecular flexibility index (Phi) is 3.51. The van der Waals surface area contributed by atoms with Crippen molar-refractivity contribution in [2.45, 2.75) is 5.92 Å². The second-order valence-electron chi connectivity index (χ2n) is 5.58. The summed E-state index contributed by atoms with van der Waals surface area (Å²) >= 11 is -1.42. The van der Waals surface area contributed by atoms with Crippen LogP contribution in [0.3, 0.4) is 0 Å². The van der Waals surface area contributed by atoms with E-state index < -0.39 is 17.1 Å². The first-order valence-corrected chi connectivity index (χ1v) is 8.61. The summed E-state index contributed by atoms with van der Waals surface area (Å²) in [5.74, 6) is 0.796. The topological polar surface area (TPSA) is 109 Å². The fourth-order valence-corrected chi connectivity index (χ4v) is 3.90. The number of nitrogens with two attached hydrogens (primary N) is 1. The summed E-state index contributed by atoms with van der Waals surface area (Å²) < 4.78 is 28.4. The molecule has 25 heavy (non-hydrogen) atoms. The van der Waals surface area contributed by atoms with Crippen LogP contribution < -0.4 is 24.7 Å². The van der Waals surface area contributed by atoms with Gasteiger partial charge in [0.15, 0.2) is 5.75 Å². The zero-order valence-corrected chi connectivity index (χ0v) is 14.0. The molecule has 0 aliphatic carbocycles. The Morgan fingerprint density at radius 1 is 1.32 bits per heavy atom. The average molecular weight is 354 g/mol. The molecular formula is C17H14N4O3S. The van der Waals surface area contributed by atoms with E-state index in [1.807, 2.05) is 30.3 Å². The molecule has 0 saturated carbocycles. The number of nitrogens with one attached hydrogen (secondary N) is 2. The number of methoxy groups -OCH3 is 1. The molecule has 2 aliphatic rings. The predicted octanol–water partition coefficient (Wildman–Crippen LogP) is 2.33. The number of fused-ring (bicyclic) bond motifs is 3. The van der Waals surface area contributed by atoms with Crippen LogP contribution in [0.15, 0.2) is 47.9 Å². The first-order valence-electron chi connectivity index (χ1n) is 7.46. The van der Waals surface area contributed by atoms with Crippen molar-refractivity contribution in [1.82, 2.24) is 0 Å². The lowest BCUT2D eigenvalue weighted by molar-refractivity contribution is 0.395. The van der Waals surface area contributed by atoms with Gasteiger partial charge in [-0.15, -0.1) is 0 Å². The van der Waals surface area contributed by atoms with Crippen molar-refractivity contribution in [3.63, 3.8) is 0 Å². The van der Waals surface area contributed by atoms with Gasteiger partial charge in [-0.2, -0.15) is 5.26 Å². The maximum absolute atomic E-state index is 11.7. The summed E-state index contributed by atoms with van der Waals surface area (Å²) in [6.07, 6.45) is 0. The first-order chi connectivity index (χ1) is 12.1. The highest BCUT2D eigenvalue weighted by atomic mass is 32.2. The van der Waals surface area contributed by atoms with E-state index in [1.54, 1.807) is 13.2 Å². The number of nitrogens with zero attached hydrogens (tertiary/aromatic N) is 1. The summed E-state index contributed by atoms with van der Waals surface area (Å²) in [6, 6.07) is 13.3. The van der Waals surface area contributed by atoms with Gasteiger partial charge in [0.2, 0.25) is 17.1 Å². The molecule has 0 bridgehead atoms. The second kappa shape index (κ2) is 5.72. The molecule has 0 amide bonds. The number of nitriles is 1. The van der Waals surface area contributed by atoms with Gasteiger partial charge in [0.1, 0.15) is 23.1 Å². The highest BCUT2D eigenvalue weighted by molar-refractivity contribution is 7.88. The molecule has 2 aromatic carbocycles. The standard InChI is InChI=1S/C17H14N4O3S/c1-23-10-4-2-3-9(7-10)14-11-5-6-13-15(21-25(22)20-13)16(11)24-17(19)12(14)8-18/h2-7,14,20-21H,19H2,1H3. The van der Waals surface area contributed by atoms with Gasteiger partial charge < -0.3 is 15.2 Å². The van der Waals surface area contributed by atoms with Gasteiger partial charge in [-0.25, -0.2) is 4.21 Å². The van der Waals surface area contributed by atoms with E-state index in [2.05, 4.69) is 15.5 Å². The van der Waals surface area contributed by atoms with E-state index in [0.29, 0.717) is 28.4 Å². The Labute approximate surface area is 146 Å². The molecule has 4 rings (SSSR count). The molecule has 8 heteroatoms. The fraction of sp³-hybridized carbons (Fsp3) is 0.118. The highest BCUT2D eigenvalue weighted by Gasteiger charge is 2.35. The Bertz CT molecular complexity index is 980. The van der Waals surface area contributed by atoms with E-state index in [-0.39, 0.29) is 5.88 Å². The zero-order valence-electron chi connectivity index (χ0n) is 13.2. The Morgan fingerprint density at radius 2 is 2.16 bits per heavy atom. The van der Waals surface area contributed by atoms with Crippen LogP contribution in [0.1, 0.15) is 17.0 Å². The summed E-state index contributed by atoms with van der Waals surface area (Å²) in [6.45, 7) is 0. The maximum Gasteiger partial charge on any atom is 0.220 e. The molecule has 2 atom stereocenters. The lowest BCUT2D eigenvalue weighted by Crippen LogP contribution is -2.21. The lowest BCUT2D eigenvalue weighted by Gasteiger charge is -2.27. The van der Waals surface area contributed by atoms with Gasteiger partial charge in [0.05, 0.1) is 18.7 Å². The highest BCUT2D eigenvalue weighted by Crippen LogP contribution is 2.49. The lowest BCUT2D eigenvalue weighted by atomic mass is 9.83. The van der Waals surface area contributed by atoms with Gasteiger partial charge in [-0.3, -0.25) is 9.44 Å². The third-order valence-corrected chi connectivity index (χ3v) is 5.01. The summed E-state index contributed by atoms with van der Waals surface area (Å²) in [5, 5.41) is 9.61. The maximum atomic E-state index is 11.7. The van der Waals surface area contributed by atoms with E-state index in [4.69, 9.17) is 15.2 Å². The third-order valence-electron chi connectivity index (χ3n) is 4.21. The van der Waals surface area contributed by atoms with Crippen molar-refractivity contribution in [3.05, 3.63) is 59.0 Å². The molecule has 2 aliphatic heterocycles. The Hall–Kier alpha value is -3.18. The Morgan fingerprint density at radius 3 is 2.92 bits per heavy atom. The third kappa shape index (κ3) is 2.37. The minimum atomic E-state index is -1.42. The molecule has 0 saturated heterocycles. The molecule has 0 radical (unpaired) electrons. The predicted molar refractivity (Wildman–Crippen MR) is 94.1 cm³/mol. The van der Waals surface area contributed by atoms with Crippen LogP contribution in [0.2, 0.25) is 0 Å². The van der Waals surface area contributed by atoms with Gasteiger partial charge in [-0.1, -0.05) is 18.2 Å².